The van der Waals surface area contributed by atoms with Crippen LogP contribution >= 0.6 is 15.9 Å². The van der Waals surface area contributed by atoms with Crippen molar-refractivity contribution >= 4 is 27.7 Å². The number of para-hydroxylation sites is 1. The summed E-state index contributed by atoms with van der Waals surface area (Å²) in [6.07, 6.45) is 0.168. The van der Waals surface area contributed by atoms with Gasteiger partial charge >= 0.3 is 0 Å². The minimum Gasteiger partial charge on any atom is -0.496 e. The molecule has 0 saturated carbocycles. The minimum atomic E-state index is -0.277. The van der Waals surface area contributed by atoms with Crippen LogP contribution in [0.2, 0.25) is 0 Å². The van der Waals surface area contributed by atoms with Gasteiger partial charge in [-0.05, 0) is 36.4 Å². The fourth-order valence-corrected chi connectivity index (χ4v) is 3.00. The molecule has 0 atom stereocenters. The summed E-state index contributed by atoms with van der Waals surface area (Å²) < 4.78 is 11.9. The number of hydrogen-bond donors (Lipinski definition) is 2. The molecule has 1 aromatic heterocycles. The van der Waals surface area contributed by atoms with Crippen molar-refractivity contribution in [1.29, 1.82) is 0 Å². The standard InChI is InChI=1S/C22H21BrN2O4/c1-28-20-5-3-2-4-18(20)22(27)24-13-12-21(26)25-14-17-10-11-19(29-17)15-6-8-16(23)9-7-15/h2-11H,12-14H2,1H3,(H,24,27)(H,25,26). The Morgan fingerprint density at radius 1 is 1.00 bits per heavy atom. The first kappa shape index (κ1) is 20.7. The highest BCUT2D eigenvalue weighted by Gasteiger charge is 2.12. The first-order chi connectivity index (χ1) is 14.1. The summed E-state index contributed by atoms with van der Waals surface area (Å²) in [5, 5.41) is 5.52. The van der Waals surface area contributed by atoms with Crippen LogP contribution in [0, 0.1) is 0 Å². The first-order valence-corrected chi connectivity index (χ1v) is 9.88. The van der Waals surface area contributed by atoms with Crippen LogP contribution in [0.15, 0.2) is 69.6 Å². The molecule has 0 unspecified atom stereocenters. The van der Waals surface area contributed by atoms with E-state index >= 15 is 0 Å². The van der Waals surface area contributed by atoms with E-state index in [1.807, 2.05) is 36.4 Å². The zero-order valence-electron chi connectivity index (χ0n) is 15.9. The second-order valence-electron chi connectivity index (χ2n) is 6.26. The molecule has 2 amide bonds. The van der Waals surface area contributed by atoms with Crippen molar-refractivity contribution in [3.05, 3.63) is 76.5 Å². The van der Waals surface area contributed by atoms with E-state index in [2.05, 4.69) is 26.6 Å². The average Bonchev–Trinajstić information content (AvgIpc) is 3.21. The van der Waals surface area contributed by atoms with E-state index in [0.717, 1.165) is 15.8 Å². The van der Waals surface area contributed by atoms with Gasteiger partial charge in [-0.3, -0.25) is 9.59 Å². The van der Waals surface area contributed by atoms with Crippen LogP contribution in [-0.2, 0) is 11.3 Å². The van der Waals surface area contributed by atoms with Gasteiger partial charge < -0.3 is 19.8 Å². The van der Waals surface area contributed by atoms with Crippen molar-refractivity contribution < 1.29 is 18.7 Å². The molecular weight excluding hydrogens is 436 g/mol. The molecule has 0 aliphatic carbocycles. The maximum Gasteiger partial charge on any atom is 0.255 e. The minimum absolute atomic E-state index is 0.168. The molecule has 0 aliphatic rings. The number of furan rings is 1. The average molecular weight is 457 g/mol. The van der Waals surface area contributed by atoms with Crippen LogP contribution in [0.5, 0.6) is 5.75 Å². The largest absolute Gasteiger partial charge is 0.496 e. The Hall–Kier alpha value is -3.06. The molecule has 2 N–H and O–H groups in total. The highest BCUT2D eigenvalue weighted by Crippen LogP contribution is 2.24. The molecule has 150 valence electrons. The molecular formula is C22H21BrN2O4. The van der Waals surface area contributed by atoms with Crippen molar-refractivity contribution in [2.45, 2.75) is 13.0 Å². The van der Waals surface area contributed by atoms with Crippen LogP contribution in [0.1, 0.15) is 22.5 Å². The number of methoxy groups -OCH3 is 1. The van der Waals surface area contributed by atoms with Gasteiger partial charge in [0.1, 0.15) is 17.3 Å². The Kier molecular flexibility index (Phi) is 7.08. The Morgan fingerprint density at radius 3 is 2.52 bits per heavy atom. The number of hydrogen-bond acceptors (Lipinski definition) is 4. The third kappa shape index (κ3) is 5.71. The van der Waals surface area contributed by atoms with E-state index in [-0.39, 0.29) is 31.3 Å². The molecule has 0 bridgehead atoms. The molecule has 1 heterocycles. The summed E-state index contributed by atoms with van der Waals surface area (Å²) >= 11 is 3.40. The summed E-state index contributed by atoms with van der Waals surface area (Å²) in [5.74, 6) is 1.45. The maximum atomic E-state index is 12.2. The molecule has 0 spiro atoms. The molecule has 0 radical (unpaired) electrons. The van der Waals surface area contributed by atoms with E-state index in [1.54, 1.807) is 24.3 Å². The van der Waals surface area contributed by atoms with E-state index in [1.165, 1.54) is 7.11 Å². The van der Waals surface area contributed by atoms with Gasteiger partial charge in [0.05, 0.1) is 19.2 Å². The predicted octanol–water partition coefficient (Wildman–Crippen LogP) is 4.15. The summed E-state index contributed by atoms with van der Waals surface area (Å²) in [5.41, 5.74) is 1.40. The molecule has 6 nitrogen and oxygen atoms in total. The van der Waals surface area contributed by atoms with Crippen LogP contribution < -0.4 is 15.4 Å². The number of halogens is 1. The van der Waals surface area contributed by atoms with Crippen molar-refractivity contribution in [2.24, 2.45) is 0 Å². The Bertz CT molecular complexity index is 982. The van der Waals surface area contributed by atoms with Crippen LogP contribution in [-0.4, -0.2) is 25.5 Å². The maximum absolute atomic E-state index is 12.2. The van der Waals surface area contributed by atoms with Crippen molar-refractivity contribution in [1.82, 2.24) is 10.6 Å². The molecule has 3 aromatic rings. The zero-order valence-corrected chi connectivity index (χ0v) is 17.5. The van der Waals surface area contributed by atoms with Gasteiger partial charge in [-0.1, -0.05) is 40.2 Å². The molecule has 3 rings (SSSR count). The third-order valence-corrected chi connectivity index (χ3v) is 4.77. The number of rotatable bonds is 8. The van der Waals surface area contributed by atoms with Gasteiger partial charge in [0, 0.05) is 23.0 Å². The van der Waals surface area contributed by atoms with Gasteiger partial charge in [0.2, 0.25) is 5.91 Å². The second-order valence-corrected chi connectivity index (χ2v) is 7.17. The van der Waals surface area contributed by atoms with Crippen molar-refractivity contribution in [3.63, 3.8) is 0 Å². The smallest absolute Gasteiger partial charge is 0.255 e. The molecule has 0 fully saturated rings. The lowest BCUT2D eigenvalue weighted by Crippen LogP contribution is -2.30. The second kappa shape index (κ2) is 9.93. The molecule has 29 heavy (non-hydrogen) atoms. The normalized spacial score (nSPS) is 10.4. The van der Waals surface area contributed by atoms with Crippen molar-refractivity contribution in [3.8, 4) is 17.1 Å². The van der Waals surface area contributed by atoms with E-state index in [9.17, 15) is 9.59 Å². The van der Waals surface area contributed by atoms with Crippen molar-refractivity contribution in [2.75, 3.05) is 13.7 Å². The predicted molar refractivity (Wildman–Crippen MR) is 114 cm³/mol. The van der Waals surface area contributed by atoms with E-state index in [4.69, 9.17) is 9.15 Å². The van der Waals surface area contributed by atoms with E-state index < -0.39 is 0 Å². The highest BCUT2D eigenvalue weighted by atomic mass is 79.9. The third-order valence-electron chi connectivity index (χ3n) is 4.24. The fourth-order valence-electron chi connectivity index (χ4n) is 2.73. The monoisotopic (exact) mass is 456 g/mol. The quantitative estimate of drug-likeness (QED) is 0.533. The lowest BCUT2D eigenvalue weighted by molar-refractivity contribution is -0.121. The Balaban J connectivity index is 1.43. The molecule has 0 saturated heterocycles. The van der Waals surface area contributed by atoms with Gasteiger partial charge in [0.25, 0.3) is 5.91 Å². The van der Waals surface area contributed by atoms with Gasteiger partial charge in [-0.25, -0.2) is 0 Å². The summed E-state index contributed by atoms with van der Waals surface area (Å²) in [4.78, 5) is 24.2. The molecule has 0 aliphatic heterocycles. The summed E-state index contributed by atoms with van der Waals surface area (Å²) in [6.45, 7) is 0.515. The highest BCUT2D eigenvalue weighted by molar-refractivity contribution is 9.10. The number of ether oxygens (including phenoxy) is 1. The van der Waals surface area contributed by atoms with Gasteiger partial charge in [-0.15, -0.1) is 0 Å². The summed E-state index contributed by atoms with van der Waals surface area (Å²) in [7, 11) is 1.51. The Labute approximate surface area is 177 Å². The van der Waals surface area contributed by atoms with Crippen LogP contribution in [0.3, 0.4) is 0 Å². The Morgan fingerprint density at radius 2 is 1.76 bits per heavy atom. The topological polar surface area (TPSA) is 80.6 Å². The first-order valence-electron chi connectivity index (χ1n) is 9.09. The van der Waals surface area contributed by atoms with Gasteiger partial charge in [0.15, 0.2) is 0 Å². The van der Waals surface area contributed by atoms with Crippen LogP contribution in [0.25, 0.3) is 11.3 Å². The fraction of sp³-hybridized carbons (Fsp3) is 0.182. The number of carbonyl (C=O) groups excluding carboxylic acids is 2. The lowest BCUT2D eigenvalue weighted by atomic mass is 10.2. The molecule has 2 aromatic carbocycles. The van der Waals surface area contributed by atoms with E-state index in [0.29, 0.717) is 17.1 Å². The zero-order chi connectivity index (χ0) is 20.6. The number of nitrogens with one attached hydrogen (secondary N) is 2. The number of benzene rings is 2. The lowest BCUT2D eigenvalue weighted by Gasteiger charge is -2.09. The van der Waals surface area contributed by atoms with Crippen LogP contribution in [0.4, 0.5) is 0 Å². The summed E-state index contributed by atoms with van der Waals surface area (Å²) in [6, 6.07) is 18.4. The number of amides is 2. The van der Waals surface area contributed by atoms with Gasteiger partial charge in [-0.2, -0.15) is 0 Å². The molecule has 7 heteroatoms. The SMILES string of the molecule is COc1ccccc1C(=O)NCCC(=O)NCc1ccc(-c2ccc(Br)cc2)o1. The number of carbonyl (C=O) groups is 2.